The van der Waals surface area contributed by atoms with Crippen LogP contribution in [0.5, 0.6) is 11.5 Å². The zero-order valence-electron chi connectivity index (χ0n) is 14.2. The molecule has 0 aromatic heterocycles. The standard InChI is InChI=1S/C18H22N2O5/c1-17(12-5-6-13-14(9-12)25-11-24-13)15(21)20(16(22)19-17)10-18(23)7-3-2-4-8-18/h5-6,9,23H,2-4,7-8,10-11H2,1H3,(H,19,22)/t17-/m1/s1. The number of urea groups is 1. The molecule has 25 heavy (non-hydrogen) atoms. The fourth-order valence-corrected chi connectivity index (χ4v) is 3.91. The minimum atomic E-state index is -1.18. The number of rotatable bonds is 3. The zero-order valence-corrected chi connectivity index (χ0v) is 14.2. The molecule has 134 valence electrons. The van der Waals surface area contributed by atoms with E-state index in [2.05, 4.69) is 5.32 Å². The smallest absolute Gasteiger partial charge is 0.325 e. The first-order valence-corrected chi connectivity index (χ1v) is 8.68. The van der Waals surface area contributed by atoms with Gasteiger partial charge in [0, 0.05) is 0 Å². The van der Waals surface area contributed by atoms with Gasteiger partial charge in [0.25, 0.3) is 5.91 Å². The molecule has 0 unspecified atom stereocenters. The summed E-state index contributed by atoms with van der Waals surface area (Å²) in [6, 6.07) is 4.74. The Balaban J connectivity index is 1.59. The number of ether oxygens (including phenoxy) is 2. The minimum Gasteiger partial charge on any atom is -0.454 e. The number of benzene rings is 1. The van der Waals surface area contributed by atoms with Gasteiger partial charge in [0.15, 0.2) is 11.5 Å². The number of imide groups is 1. The zero-order chi connectivity index (χ0) is 17.7. The molecule has 1 aromatic rings. The van der Waals surface area contributed by atoms with Gasteiger partial charge in [-0.15, -0.1) is 0 Å². The third kappa shape index (κ3) is 2.63. The fourth-order valence-electron chi connectivity index (χ4n) is 3.91. The Morgan fingerprint density at radius 3 is 2.64 bits per heavy atom. The number of nitrogens with zero attached hydrogens (tertiary/aromatic N) is 1. The third-order valence-electron chi connectivity index (χ3n) is 5.46. The molecule has 0 spiro atoms. The summed E-state index contributed by atoms with van der Waals surface area (Å²) in [6.45, 7) is 1.86. The number of aliphatic hydroxyl groups is 1. The second-order valence-electron chi connectivity index (χ2n) is 7.30. The molecule has 7 nitrogen and oxygen atoms in total. The van der Waals surface area contributed by atoms with Gasteiger partial charge in [-0.1, -0.05) is 25.3 Å². The van der Waals surface area contributed by atoms with Crippen LogP contribution in [0.15, 0.2) is 18.2 Å². The summed E-state index contributed by atoms with van der Waals surface area (Å²) in [4.78, 5) is 26.6. The molecule has 1 aliphatic carbocycles. The summed E-state index contributed by atoms with van der Waals surface area (Å²) in [7, 11) is 0. The first-order valence-electron chi connectivity index (χ1n) is 8.68. The van der Waals surface area contributed by atoms with Gasteiger partial charge < -0.3 is 19.9 Å². The van der Waals surface area contributed by atoms with Crippen molar-refractivity contribution in [2.45, 2.75) is 50.2 Å². The number of amides is 3. The highest BCUT2D eigenvalue weighted by Crippen LogP contribution is 2.38. The van der Waals surface area contributed by atoms with E-state index in [4.69, 9.17) is 9.47 Å². The van der Waals surface area contributed by atoms with Gasteiger partial charge in [-0.2, -0.15) is 0 Å². The molecule has 0 bridgehead atoms. The van der Waals surface area contributed by atoms with Crippen molar-refractivity contribution < 1.29 is 24.2 Å². The van der Waals surface area contributed by atoms with Crippen LogP contribution in [-0.2, 0) is 10.3 Å². The van der Waals surface area contributed by atoms with Crippen molar-refractivity contribution in [2.75, 3.05) is 13.3 Å². The quantitative estimate of drug-likeness (QED) is 0.816. The van der Waals surface area contributed by atoms with Gasteiger partial charge in [-0.25, -0.2) is 4.79 Å². The third-order valence-corrected chi connectivity index (χ3v) is 5.46. The first kappa shape index (κ1) is 16.2. The highest BCUT2D eigenvalue weighted by atomic mass is 16.7. The van der Waals surface area contributed by atoms with Crippen LogP contribution in [0.2, 0.25) is 0 Å². The van der Waals surface area contributed by atoms with Crippen molar-refractivity contribution in [2.24, 2.45) is 0 Å². The van der Waals surface area contributed by atoms with E-state index in [9.17, 15) is 14.7 Å². The van der Waals surface area contributed by atoms with E-state index in [1.807, 2.05) is 0 Å². The van der Waals surface area contributed by atoms with E-state index < -0.39 is 17.2 Å². The normalized spacial score (nSPS) is 27.5. The predicted octanol–water partition coefficient (Wildman–Crippen LogP) is 1.88. The van der Waals surface area contributed by atoms with Crippen LogP contribution in [0.4, 0.5) is 4.79 Å². The van der Waals surface area contributed by atoms with Crippen molar-refractivity contribution in [3.63, 3.8) is 0 Å². The Morgan fingerprint density at radius 2 is 1.88 bits per heavy atom. The second-order valence-corrected chi connectivity index (χ2v) is 7.30. The summed E-state index contributed by atoms with van der Waals surface area (Å²) < 4.78 is 10.7. The predicted molar refractivity (Wildman–Crippen MR) is 88.2 cm³/mol. The average Bonchev–Trinajstić information content (AvgIpc) is 3.14. The van der Waals surface area contributed by atoms with Crippen LogP contribution in [0.1, 0.15) is 44.6 Å². The molecule has 1 saturated carbocycles. The van der Waals surface area contributed by atoms with Crippen LogP contribution in [0.25, 0.3) is 0 Å². The van der Waals surface area contributed by atoms with Crippen molar-refractivity contribution in [1.82, 2.24) is 10.2 Å². The van der Waals surface area contributed by atoms with Crippen LogP contribution in [0, 0.1) is 0 Å². The van der Waals surface area contributed by atoms with Gasteiger partial charge >= 0.3 is 6.03 Å². The Morgan fingerprint density at radius 1 is 1.16 bits per heavy atom. The number of carbonyl (C=O) groups is 2. The fraction of sp³-hybridized carbons (Fsp3) is 0.556. The molecule has 7 heteroatoms. The maximum absolute atomic E-state index is 13.0. The van der Waals surface area contributed by atoms with Gasteiger partial charge in [0.05, 0.1) is 12.1 Å². The molecule has 1 atom stereocenters. The number of hydrogen-bond acceptors (Lipinski definition) is 5. The van der Waals surface area contributed by atoms with Crippen molar-refractivity contribution >= 4 is 11.9 Å². The number of nitrogens with one attached hydrogen (secondary N) is 1. The lowest BCUT2D eigenvalue weighted by molar-refractivity contribution is -0.134. The lowest BCUT2D eigenvalue weighted by Gasteiger charge is -2.34. The summed E-state index contributed by atoms with van der Waals surface area (Å²) in [5.41, 5.74) is -1.53. The lowest BCUT2D eigenvalue weighted by Crippen LogP contribution is -2.48. The molecule has 1 saturated heterocycles. The van der Waals surface area contributed by atoms with Crippen molar-refractivity contribution in [3.8, 4) is 11.5 Å². The maximum atomic E-state index is 13.0. The highest BCUT2D eigenvalue weighted by Gasteiger charge is 2.51. The second kappa shape index (κ2) is 5.62. The van der Waals surface area contributed by atoms with E-state index in [-0.39, 0.29) is 19.2 Å². The largest absolute Gasteiger partial charge is 0.454 e. The Bertz CT molecular complexity index is 728. The van der Waals surface area contributed by atoms with E-state index >= 15 is 0 Å². The van der Waals surface area contributed by atoms with Crippen molar-refractivity contribution in [1.29, 1.82) is 0 Å². The van der Waals surface area contributed by atoms with E-state index in [0.717, 1.165) is 24.2 Å². The molecule has 2 fully saturated rings. The van der Waals surface area contributed by atoms with E-state index in [0.29, 0.717) is 29.9 Å². The SMILES string of the molecule is C[C@]1(c2ccc3c(c2)OCO3)NC(=O)N(CC2(O)CCCCC2)C1=O. The molecule has 1 aromatic carbocycles. The molecular formula is C18H22N2O5. The van der Waals surface area contributed by atoms with Crippen LogP contribution < -0.4 is 14.8 Å². The Kier molecular flexibility index (Phi) is 3.64. The molecule has 4 rings (SSSR count). The van der Waals surface area contributed by atoms with Crippen LogP contribution >= 0.6 is 0 Å². The number of carbonyl (C=O) groups excluding carboxylic acids is 2. The van der Waals surface area contributed by atoms with Gasteiger partial charge in [-0.3, -0.25) is 9.69 Å². The van der Waals surface area contributed by atoms with Crippen LogP contribution in [-0.4, -0.2) is 40.9 Å². The Labute approximate surface area is 145 Å². The highest BCUT2D eigenvalue weighted by molar-refractivity contribution is 6.07. The molecule has 3 aliphatic rings. The van der Waals surface area contributed by atoms with Gasteiger partial charge in [0.1, 0.15) is 5.54 Å². The van der Waals surface area contributed by atoms with Crippen LogP contribution in [0.3, 0.4) is 0 Å². The van der Waals surface area contributed by atoms with E-state index in [1.165, 1.54) is 0 Å². The summed E-state index contributed by atoms with van der Waals surface area (Å²) >= 11 is 0. The van der Waals surface area contributed by atoms with E-state index in [1.54, 1.807) is 25.1 Å². The molecule has 2 N–H and O–H groups in total. The maximum Gasteiger partial charge on any atom is 0.325 e. The summed E-state index contributed by atoms with van der Waals surface area (Å²) in [6.07, 6.45) is 4.14. The molecule has 0 radical (unpaired) electrons. The summed E-state index contributed by atoms with van der Waals surface area (Å²) in [5, 5.41) is 13.5. The lowest BCUT2D eigenvalue weighted by atomic mass is 9.84. The van der Waals surface area contributed by atoms with Gasteiger partial charge in [-0.05, 0) is 37.5 Å². The molecule has 3 amide bonds. The first-order chi connectivity index (χ1) is 11.9. The monoisotopic (exact) mass is 346 g/mol. The Hall–Kier alpha value is -2.28. The average molecular weight is 346 g/mol. The number of β-amino-alcohol motifs (C(OH)–C–C–N with tert-alkyl or cyclic N) is 1. The van der Waals surface area contributed by atoms with Gasteiger partial charge in [0.2, 0.25) is 6.79 Å². The number of hydrogen-bond donors (Lipinski definition) is 2. The minimum absolute atomic E-state index is 0.0395. The molecular weight excluding hydrogens is 324 g/mol. The topological polar surface area (TPSA) is 88.1 Å². The van der Waals surface area contributed by atoms with Crippen molar-refractivity contribution in [3.05, 3.63) is 23.8 Å². The number of fused-ring (bicyclic) bond motifs is 1. The summed E-state index contributed by atoms with van der Waals surface area (Å²) in [5.74, 6) is 0.831. The molecule has 2 heterocycles. The molecule has 2 aliphatic heterocycles.